The Morgan fingerprint density at radius 2 is 1.88 bits per heavy atom. The van der Waals surface area contributed by atoms with Gasteiger partial charge < -0.3 is 15.4 Å². The largest absolute Gasteiger partial charge is 0.462 e. The molecule has 2 aromatic carbocycles. The van der Waals surface area contributed by atoms with Gasteiger partial charge in [0.2, 0.25) is 0 Å². The maximum atomic E-state index is 11.7. The van der Waals surface area contributed by atoms with Gasteiger partial charge in [-0.15, -0.1) is 0 Å². The molecule has 0 aliphatic carbocycles. The van der Waals surface area contributed by atoms with E-state index < -0.39 is 0 Å². The van der Waals surface area contributed by atoms with Crippen LogP contribution in [-0.2, 0) is 11.3 Å². The predicted octanol–water partition coefficient (Wildman–Crippen LogP) is 3.97. The molecule has 0 saturated carbocycles. The van der Waals surface area contributed by atoms with Crippen LogP contribution in [-0.4, -0.2) is 17.7 Å². The van der Waals surface area contributed by atoms with Gasteiger partial charge >= 0.3 is 5.97 Å². The Morgan fingerprint density at radius 1 is 1.12 bits per heavy atom. The molecule has 0 bridgehead atoms. The standard InChI is InChI=1S/C19H22N2O2S/c1-4-23-18(22)15-9-10-17(14(3)11-15)21-19(24)20-12-16-8-6-5-7-13(16)2/h5-11H,4,12H2,1-3H3,(H2,20,21,24). The molecule has 0 atom stereocenters. The van der Waals surface area contributed by atoms with Crippen molar-refractivity contribution >= 4 is 29.0 Å². The van der Waals surface area contributed by atoms with Gasteiger partial charge in [0.05, 0.1) is 12.2 Å². The second-order valence-corrected chi connectivity index (χ2v) is 5.89. The molecule has 0 heterocycles. The Kier molecular flexibility index (Phi) is 6.32. The lowest BCUT2D eigenvalue weighted by Gasteiger charge is -2.14. The summed E-state index contributed by atoms with van der Waals surface area (Å²) >= 11 is 5.35. The van der Waals surface area contributed by atoms with E-state index in [4.69, 9.17) is 17.0 Å². The molecule has 0 aliphatic heterocycles. The number of carbonyl (C=O) groups excluding carboxylic acids is 1. The molecule has 0 amide bonds. The first-order valence-corrected chi connectivity index (χ1v) is 8.29. The highest BCUT2D eigenvalue weighted by Crippen LogP contribution is 2.17. The van der Waals surface area contributed by atoms with Crippen LogP contribution in [0.15, 0.2) is 42.5 Å². The van der Waals surface area contributed by atoms with Gasteiger partial charge in [-0.1, -0.05) is 24.3 Å². The Bertz CT molecular complexity index is 744. The fraction of sp³-hybridized carbons (Fsp3) is 0.263. The van der Waals surface area contributed by atoms with Crippen LogP contribution in [0.3, 0.4) is 0 Å². The van der Waals surface area contributed by atoms with Crippen molar-refractivity contribution in [2.24, 2.45) is 0 Å². The van der Waals surface area contributed by atoms with E-state index >= 15 is 0 Å². The quantitative estimate of drug-likeness (QED) is 0.636. The molecule has 2 N–H and O–H groups in total. The molecule has 126 valence electrons. The molecule has 2 rings (SSSR count). The van der Waals surface area contributed by atoms with Crippen molar-refractivity contribution in [3.63, 3.8) is 0 Å². The van der Waals surface area contributed by atoms with Crippen LogP contribution in [0.5, 0.6) is 0 Å². The molecule has 0 spiro atoms. The van der Waals surface area contributed by atoms with Gasteiger partial charge in [-0.3, -0.25) is 0 Å². The van der Waals surface area contributed by atoms with Crippen molar-refractivity contribution in [2.75, 3.05) is 11.9 Å². The Balaban J connectivity index is 1.96. The maximum absolute atomic E-state index is 11.7. The molecule has 0 fully saturated rings. The fourth-order valence-corrected chi connectivity index (χ4v) is 2.48. The van der Waals surface area contributed by atoms with Crippen LogP contribution in [0, 0.1) is 13.8 Å². The highest BCUT2D eigenvalue weighted by atomic mass is 32.1. The lowest BCUT2D eigenvalue weighted by atomic mass is 10.1. The lowest BCUT2D eigenvalue weighted by molar-refractivity contribution is 0.0526. The third-order valence-electron chi connectivity index (χ3n) is 3.69. The van der Waals surface area contributed by atoms with Crippen LogP contribution in [0.4, 0.5) is 5.69 Å². The number of aryl methyl sites for hydroxylation is 2. The normalized spacial score (nSPS) is 10.1. The smallest absolute Gasteiger partial charge is 0.338 e. The zero-order valence-electron chi connectivity index (χ0n) is 14.2. The topological polar surface area (TPSA) is 50.4 Å². The molecule has 24 heavy (non-hydrogen) atoms. The fourth-order valence-electron chi connectivity index (χ4n) is 2.30. The third kappa shape index (κ3) is 4.80. The monoisotopic (exact) mass is 342 g/mol. The Morgan fingerprint density at radius 3 is 2.54 bits per heavy atom. The number of rotatable bonds is 5. The Labute approximate surface area is 148 Å². The van der Waals surface area contributed by atoms with Crippen molar-refractivity contribution in [2.45, 2.75) is 27.3 Å². The van der Waals surface area contributed by atoms with Crippen molar-refractivity contribution < 1.29 is 9.53 Å². The molecule has 0 radical (unpaired) electrons. The number of ether oxygens (including phenoxy) is 1. The highest BCUT2D eigenvalue weighted by molar-refractivity contribution is 7.80. The van der Waals surface area contributed by atoms with Gasteiger partial charge in [0.15, 0.2) is 5.11 Å². The number of esters is 1. The molecule has 0 aliphatic rings. The number of thiocarbonyl (C=S) groups is 1. The van der Waals surface area contributed by atoms with E-state index in [1.54, 1.807) is 19.1 Å². The average molecular weight is 342 g/mol. The molecule has 0 aromatic heterocycles. The van der Waals surface area contributed by atoms with Crippen LogP contribution in [0.25, 0.3) is 0 Å². The van der Waals surface area contributed by atoms with E-state index in [9.17, 15) is 4.79 Å². The average Bonchev–Trinajstić information content (AvgIpc) is 2.56. The zero-order chi connectivity index (χ0) is 17.5. The van der Waals surface area contributed by atoms with Gasteiger partial charge in [-0.25, -0.2) is 4.79 Å². The number of hydrogen-bond acceptors (Lipinski definition) is 3. The summed E-state index contributed by atoms with van der Waals surface area (Å²) in [4.78, 5) is 11.7. The van der Waals surface area contributed by atoms with Crippen LogP contribution in [0.1, 0.15) is 34.0 Å². The second-order valence-electron chi connectivity index (χ2n) is 5.48. The summed E-state index contributed by atoms with van der Waals surface area (Å²) in [5.74, 6) is -0.313. The van der Waals surface area contributed by atoms with Crippen LogP contribution >= 0.6 is 12.2 Å². The van der Waals surface area contributed by atoms with Gasteiger partial charge in [0.25, 0.3) is 0 Å². The van der Waals surface area contributed by atoms with E-state index in [1.165, 1.54) is 11.1 Å². The van der Waals surface area contributed by atoms with Gasteiger partial charge in [-0.2, -0.15) is 0 Å². The highest BCUT2D eigenvalue weighted by Gasteiger charge is 2.09. The minimum Gasteiger partial charge on any atom is -0.462 e. The maximum Gasteiger partial charge on any atom is 0.338 e. The SMILES string of the molecule is CCOC(=O)c1ccc(NC(=S)NCc2ccccc2C)c(C)c1. The lowest BCUT2D eigenvalue weighted by Crippen LogP contribution is -2.28. The van der Waals surface area contributed by atoms with Gasteiger partial charge in [-0.05, 0) is 67.9 Å². The van der Waals surface area contributed by atoms with Crippen molar-refractivity contribution in [3.8, 4) is 0 Å². The van der Waals surface area contributed by atoms with E-state index in [0.29, 0.717) is 23.8 Å². The molecular weight excluding hydrogens is 320 g/mol. The van der Waals surface area contributed by atoms with Crippen molar-refractivity contribution in [1.82, 2.24) is 5.32 Å². The first-order valence-electron chi connectivity index (χ1n) is 7.88. The zero-order valence-corrected chi connectivity index (χ0v) is 15.0. The Hall–Kier alpha value is -2.40. The number of hydrogen-bond donors (Lipinski definition) is 2. The summed E-state index contributed by atoms with van der Waals surface area (Å²) in [5.41, 5.74) is 4.77. The minimum atomic E-state index is -0.313. The number of carbonyl (C=O) groups is 1. The third-order valence-corrected chi connectivity index (χ3v) is 3.93. The summed E-state index contributed by atoms with van der Waals surface area (Å²) in [6.45, 7) is 6.82. The predicted molar refractivity (Wildman–Crippen MR) is 101 cm³/mol. The van der Waals surface area contributed by atoms with E-state index in [0.717, 1.165) is 11.3 Å². The molecular formula is C19H22N2O2S. The molecule has 4 nitrogen and oxygen atoms in total. The summed E-state index contributed by atoms with van der Waals surface area (Å²) in [7, 11) is 0. The molecule has 0 saturated heterocycles. The van der Waals surface area contributed by atoms with Crippen molar-refractivity contribution in [3.05, 3.63) is 64.7 Å². The van der Waals surface area contributed by atoms with E-state index in [1.807, 2.05) is 25.1 Å². The first kappa shape index (κ1) is 17.9. The minimum absolute atomic E-state index is 0.313. The summed E-state index contributed by atoms with van der Waals surface area (Å²) in [5, 5.41) is 6.91. The first-order chi connectivity index (χ1) is 11.5. The van der Waals surface area contributed by atoms with Crippen molar-refractivity contribution in [1.29, 1.82) is 0 Å². The number of anilines is 1. The summed E-state index contributed by atoms with van der Waals surface area (Å²) in [6.07, 6.45) is 0. The van der Waals surface area contributed by atoms with E-state index in [2.05, 4.69) is 29.7 Å². The summed E-state index contributed by atoms with van der Waals surface area (Å²) < 4.78 is 5.01. The van der Waals surface area contributed by atoms with Gasteiger partial charge in [0.1, 0.15) is 0 Å². The molecule has 2 aromatic rings. The number of benzene rings is 2. The molecule has 5 heteroatoms. The van der Waals surface area contributed by atoms with Gasteiger partial charge in [0, 0.05) is 12.2 Å². The summed E-state index contributed by atoms with van der Waals surface area (Å²) in [6, 6.07) is 13.5. The van der Waals surface area contributed by atoms with Crippen LogP contribution < -0.4 is 10.6 Å². The second kappa shape index (κ2) is 8.45. The van der Waals surface area contributed by atoms with Crippen LogP contribution in [0.2, 0.25) is 0 Å². The van der Waals surface area contributed by atoms with E-state index in [-0.39, 0.29) is 5.97 Å². The number of nitrogens with one attached hydrogen (secondary N) is 2. The molecule has 0 unspecified atom stereocenters.